The van der Waals surface area contributed by atoms with Crippen molar-refractivity contribution in [3.05, 3.63) is 34.2 Å². The molecule has 2 unspecified atom stereocenters. The van der Waals surface area contributed by atoms with Gasteiger partial charge >= 0.3 is 0 Å². The van der Waals surface area contributed by atoms with Crippen LogP contribution in [0.2, 0.25) is 0 Å². The fourth-order valence-corrected chi connectivity index (χ4v) is 2.00. The minimum Gasteiger partial charge on any atom is -0.367 e. The van der Waals surface area contributed by atoms with E-state index in [1.54, 1.807) is 0 Å². The molecule has 88 valence electrons. The summed E-state index contributed by atoms with van der Waals surface area (Å²) in [7, 11) is 0. The van der Waals surface area contributed by atoms with Gasteiger partial charge in [-0.1, -0.05) is 22.9 Å². The molecule has 0 aliphatic heterocycles. The zero-order valence-corrected chi connectivity index (χ0v) is 10.9. The molecule has 0 spiro atoms. The van der Waals surface area contributed by atoms with Gasteiger partial charge in [0.1, 0.15) is 5.56 Å². The third-order valence-corrected chi connectivity index (χ3v) is 2.50. The Morgan fingerprint density at radius 3 is 2.81 bits per heavy atom. The lowest BCUT2D eigenvalue weighted by molar-refractivity contribution is 0.0937. The van der Waals surface area contributed by atoms with Crippen LogP contribution in [-0.2, 0) is 0 Å². The van der Waals surface area contributed by atoms with Gasteiger partial charge < -0.3 is 10.3 Å². The third kappa shape index (κ3) is 3.81. The van der Waals surface area contributed by atoms with Gasteiger partial charge in [-0.25, -0.2) is 0 Å². The zero-order chi connectivity index (χ0) is 12.1. The Morgan fingerprint density at radius 1 is 1.56 bits per heavy atom. The quantitative estimate of drug-likeness (QED) is 0.827. The van der Waals surface area contributed by atoms with Crippen molar-refractivity contribution in [3.8, 4) is 0 Å². The smallest absolute Gasteiger partial charge is 0.256 e. The van der Waals surface area contributed by atoms with E-state index in [0.29, 0.717) is 4.83 Å². The molecule has 0 aromatic carbocycles. The van der Waals surface area contributed by atoms with Crippen LogP contribution in [0.4, 0.5) is 0 Å². The lowest BCUT2D eigenvalue weighted by Gasteiger charge is -2.14. The molecular weight excluding hydrogens is 272 g/mol. The van der Waals surface area contributed by atoms with Crippen LogP contribution in [0.1, 0.15) is 30.6 Å². The second-order valence-electron chi connectivity index (χ2n) is 3.81. The van der Waals surface area contributed by atoms with E-state index < -0.39 is 0 Å². The largest absolute Gasteiger partial charge is 0.367 e. The van der Waals surface area contributed by atoms with Crippen molar-refractivity contribution in [2.75, 3.05) is 0 Å². The Balaban J connectivity index is 2.66. The maximum atomic E-state index is 11.7. The molecule has 0 saturated heterocycles. The molecule has 2 atom stereocenters. The van der Waals surface area contributed by atoms with E-state index in [-0.39, 0.29) is 22.9 Å². The lowest BCUT2D eigenvalue weighted by Crippen LogP contribution is -2.36. The molecule has 1 aromatic heterocycles. The molecule has 1 amide bonds. The highest BCUT2D eigenvalue weighted by Gasteiger charge is 2.13. The Labute approximate surface area is 103 Å². The molecule has 16 heavy (non-hydrogen) atoms. The van der Waals surface area contributed by atoms with Crippen molar-refractivity contribution < 1.29 is 4.79 Å². The molecule has 1 heterocycles. The van der Waals surface area contributed by atoms with Crippen LogP contribution in [0.3, 0.4) is 0 Å². The first-order valence-electron chi connectivity index (χ1n) is 5.12. The summed E-state index contributed by atoms with van der Waals surface area (Å²) in [5.74, 6) is -0.331. The summed E-state index contributed by atoms with van der Waals surface area (Å²) in [5.41, 5.74) is -0.119. The number of carbonyl (C=O) groups excluding carboxylic acids is 1. The summed E-state index contributed by atoms with van der Waals surface area (Å²) in [5, 5.41) is 2.78. The van der Waals surface area contributed by atoms with Gasteiger partial charge in [-0.15, -0.1) is 0 Å². The van der Waals surface area contributed by atoms with Gasteiger partial charge in [0.05, 0.1) is 0 Å². The van der Waals surface area contributed by atoms with Gasteiger partial charge in [0.25, 0.3) is 5.91 Å². The highest BCUT2D eigenvalue weighted by Crippen LogP contribution is 2.06. The van der Waals surface area contributed by atoms with Gasteiger partial charge in [0.2, 0.25) is 0 Å². The van der Waals surface area contributed by atoms with Crippen molar-refractivity contribution in [1.82, 2.24) is 10.3 Å². The third-order valence-electron chi connectivity index (χ3n) is 2.12. The highest BCUT2D eigenvalue weighted by molar-refractivity contribution is 9.09. The van der Waals surface area contributed by atoms with Crippen molar-refractivity contribution in [2.24, 2.45) is 0 Å². The van der Waals surface area contributed by atoms with E-state index in [4.69, 9.17) is 0 Å². The second-order valence-corrected chi connectivity index (χ2v) is 5.38. The zero-order valence-electron chi connectivity index (χ0n) is 9.29. The van der Waals surface area contributed by atoms with Crippen molar-refractivity contribution in [2.45, 2.75) is 31.1 Å². The van der Waals surface area contributed by atoms with Crippen molar-refractivity contribution in [1.29, 1.82) is 0 Å². The van der Waals surface area contributed by atoms with Crippen LogP contribution < -0.4 is 10.7 Å². The first-order chi connectivity index (χ1) is 7.50. The Kier molecular flexibility index (Phi) is 4.73. The number of pyridine rings is 1. The van der Waals surface area contributed by atoms with Crippen molar-refractivity contribution in [3.63, 3.8) is 0 Å². The van der Waals surface area contributed by atoms with E-state index in [2.05, 4.69) is 26.2 Å². The van der Waals surface area contributed by atoms with Crippen LogP contribution in [-0.4, -0.2) is 21.8 Å². The maximum absolute atomic E-state index is 11.7. The number of halogens is 1. The predicted octanol–water partition coefficient (Wildman–Crippen LogP) is 1.67. The number of hydrogen-bond donors (Lipinski definition) is 2. The fourth-order valence-electron chi connectivity index (χ4n) is 1.44. The number of nitrogens with one attached hydrogen (secondary N) is 2. The van der Waals surface area contributed by atoms with E-state index in [0.717, 1.165) is 6.42 Å². The van der Waals surface area contributed by atoms with E-state index in [9.17, 15) is 9.59 Å². The summed E-state index contributed by atoms with van der Waals surface area (Å²) >= 11 is 3.42. The topological polar surface area (TPSA) is 62.0 Å². The number of amides is 1. The van der Waals surface area contributed by atoms with Crippen molar-refractivity contribution >= 4 is 21.8 Å². The number of hydrogen-bond acceptors (Lipinski definition) is 2. The standard InChI is InChI=1S/C11H15BrN2O2/c1-7(12)5-8(2)14-11(16)9-6-13-4-3-10(9)15/h3-4,6-8H,5H2,1-2H3,(H,13,15)(H,14,16). The highest BCUT2D eigenvalue weighted by atomic mass is 79.9. The number of H-pyrrole nitrogens is 1. The molecule has 2 N–H and O–H groups in total. The van der Waals surface area contributed by atoms with Crippen LogP contribution in [0.15, 0.2) is 23.3 Å². The molecule has 0 radical (unpaired) electrons. The monoisotopic (exact) mass is 286 g/mol. The molecule has 0 fully saturated rings. The van der Waals surface area contributed by atoms with Crippen LogP contribution in [0, 0.1) is 0 Å². The predicted molar refractivity (Wildman–Crippen MR) is 67.0 cm³/mol. The number of carbonyl (C=O) groups is 1. The van der Waals surface area contributed by atoms with E-state index in [1.807, 2.05) is 13.8 Å². The van der Waals surface area contributed by atoms with Crippen LogP contribution in [0.25, 0.3) is 0 Å². The molecular formula is C11H15BrN2O2. The number of rotatable bonds is 4. The molecule has 4 nitrogen and oxygen atoms in total. The van der Waals surface area contributed by atoms with Gasteiger partial charge in [-0.05, 0) is 13.3 Å². The Bertz CT molecular complexity index is 414. The molecule has 5 heteroatoms. The Morgan fingerprint density at radius 2 is 2.25 bits per heavy atom. The van der Waals surface area contributed by atoms with Crippen LogP contribution >= 0.6 is 15.9 Å². The fraction of sp³-hybridized carbons (Fsp3) is 0.455. The van der Waals surface area contributed by atoms with Gasteiger partial charge in [0.15, 0.2) is 5.43 Å². The SMILES string of the molecule is CC(Br)CC(C)NC(=O)c1c[nH]ccc1=O. The minimum atomic E-state index is -0.331. The van der Waals surface area contributed by atoms with Gasteiger partial charge in [0, 0.05) is 29.3 Å². The summed E-state index contributed by atoms with van der Waals surface area (Å²) in [4.78, 5) is 26.1. The molecule has 0 saturated carbocycles. The molecule has 0 aliphatic rings. The normalized spacial score (nSPS) is 14.2. The summed E-state index contributed by atoms with van der Waals surface area (Å²) in [6, 6.07) is 1.37. The molecule has 1 rings (SSSR count). The van der Waals surface area contributed by atoms with E-state index >= 15 is 0 Å². The number of aromatic nitrogens is 1. The average molecular weight is 287 g/mol. The van der Waals surface area contributed by atoms with Gasteiger partial charge in [-0.2, -0.15) is 0 Å². The number of aromatic amines is 1. The first kappa shape index (κ1) is 13.0. The molecule has 1 aromatic rings. The molecule has 0 aliphatic carbocycles. The maximum Gasteiger partial charge on any atom is 0.256 e. The average Bonchev–Trinajstić information content (AvgIpc) is 2.16. The van der Waals surface area contributed by atoms with Gasteiger partial charge in [-0.3, -0.25) is 9.59 Å². The lowest BCUT2D eigenvalue weighted by atomic mass is 10.2. The minimum absolute atomic E-state index is 0.0291. The second kappa shape index (κ2) is 5.84. The summed E-state index contributed by atoms with van der Waals surface area (Å²) in [6.45, 7) is 3.92. The molecule has 0 bridgehead atoms. The number of alkyl halides is 1. The Hall–Kier alpha value is -1.10. The summed E-state index contributed by atoms with van der Waals surface area (Å²) in [6.07, 6.45) is 3.74. The first-order valence-corrected chi connectivity index (χ1v) is 6.04. The summed E-state index contributed by atoms with van der Waals surface area (Å²) < 4.78 is 0. The van der Waals surface area contributed by atoms with Crippen LogP contribution in [0.5, 0.6) is 0 Å². The van der Waals surface area contributed by atoms with E-state index in [1.165, 1.54) is 18.5 Å².